The summed E-state index contributed by atoms with van der Waals surface area (Å²) in [5.41, 5.74) is 0. The Morgan fingerprint density at radius 1 is 1.80 bits per heavy atom. The predicted octanol–water partition coefficient (Wildman–Crippen LogP) is 0.895. The van der Waals surface area contributed by atoms with E-state index in [1.807, 2.05) is 0 Å². The van der Waals surface area contributed by atoms with Crippen LogP contribution in [-0.4, -0.2) is 22.4 Å². The molecular weight excluding hydrogens is 136 g/mol. The molecule has 4 heteroatoms. The standard InChI is InChI=1S/C6H10O4/c1-2-5(10-9)3-4-6(7)8/h3-5,9H,2H2,1H3,(H,7,8)/b4-3+/t5-/m0/s1. The topological polar surface area (TPSA) is 66.8 Å². The number of carboxylic acids is 1. The second-order valence-corrected chi connectivity index (χ2v) is 1.75. The third-order valence-electron chi connectivity index (χ3n) is 0.991. The van der Waals surface area contributed by atoms with Crippen LogP contribution in [0, 0.1) is 0 Å². The molecule has 0 spiro atoms. The molecule has 58 valence electrons. The van der Waals surface area contributed by atoms with Gasteiger partial charge in [-0.05, 0) is 12.5 Å². The summed E-state index contributed by atoms with van der Waals surface area (Å²) in [6, 6.07) is 0. The first-order valence-corrected chi connectivity index (χ1v) is 2.92. The zero-order valence-corrected chi connectivity index (χ0v) is 5.65. The van der Waals surface area contributed by atoms with Crippen molar-refractivity contribution in [1.82, 2.24) is 0 Å². The van der Waals surface area contributed by atoms with Gasteiger partial charge in [-0.3, -0.25) is 5.26 Å². The molecule has 0 aromatic rings. The van der Waals surface area contributed by atoms with Gasteiger partial charge in [0.25, 0.3) is 0 Å². The summed E-state index contributed by atoms with van der Waals surface area (Å²) in [4.78, 5) is 13.8. The Bertz CT molecular complexity index is 126. The molecule has 0 aliphatic carbocycles. The lowest BCUT2D eigenvalue weighted by Gasteiger charge is -2.01. The van der Waals surface area contributed by atoms with E-state index in [-0.39, 0.29) is 0 Å². The van der Waals surface area contributed by atoms with E-state index in [1.54, 1.807) is 6.92 Å². The molecule has 0 aliphatic heterocycles. The highest BCUT2D eigenvalue weighted by molar-refractivity contribution is 5.79. The summed E-state index contributed by atoms with van der Waals surface area (Å²) in [6.07, 6.45) is 2.24. The maximum absolute atomic E-state index is 9.91. The lowest BCUT2D eigenvalue weighted by atomic mass is 10.2. The van der Waals surface area contributed by atoms with E-state index in [2.05, 4.69) is 4.89 Å². The molecule has 0 radical (unpaired) electrons. The fourth-order valence-corrected chi connectivity index (χ4v) is 0.435. The van der Waals surface area contributed by atoms with Crippen molar-refractivity contribution in [3.8, 4) is 0 Å². The average Bonchev–Trinajstić information content (AvgIpc) is 1.90. The summed E-state index contributed by atoms with van der Waals surface area (Å²) in [7, 11) is 0. The van der Waals surface area contributed by atoms with Crippen molar-refractivity contribution in [2.45, 2.75) is 19.4 Å². The number of carboxylic acid groups (broad SMARTS) is 1. The van der Waals surface area contributed by atoms with Crippen LogP contribution in [-0.2, 0) is 9.68 Å². The summed E-state index contributed by atoms with van der Waals surface area (Å²) in [6.45, 7) is 1.77. The van der Waals surface area contributed by atoms with E-state index in [9.17, 15) is 4.79 Å². The van der Waals surface area contributed by atoms with Crippen LogP contribution in [0.2, 0.25) is 0 Å². The van der Waals surface area contributed by atoms with Crippen molar-refractivity contribution >= 4 is 5.97 Å². The lowest BCUT2D eigenvalue weighted by molar-refractivity contribution is -0.266. The lowest BCUT2D eigenvalue weighted by Crippen LogP contribution is -2.05. The molecule has 0 aliphatic rings. The maximum Gasteiger partial charge on any atom is 0.328 e. The predicted molar refractivity (Wildman–Crippen MR) is 34.6 cm³/mol. The Hall–Kier alpha value is -0.870. The van der Waals surface area contributed by atoms with Crippen molar-refractivity contribution in [3.05, 3.63) is 12.2 Å². The molecule has 10 heavy (non-hydrogen) atoms. The van der Waals surface area contributed by atoms with Crippen LogP contribution in [0.3, 0.4) is 0 Å². The second-order valence-electron chi connectivity index (χ2n) is 1.75. The smallest absolute Gasteiger partial charge is 0.328 e. The van der Waals surface area contributed by atoms with Gasteiger partial charge in [0, 0.05) is 6.08 Å². The van der Waals surface area contributed by atoms with Crippen LogP contribution in [0.5, 0.6) is 0 Å². The summed E-state index contributed by atoms with van der Waals surface area (Å²) < 4.78 is 0. The first-order chi connectivity index (χ1) is 4.70. The Morgan fingerprint density at radius 2 is 2.40 bits per heavy atom. The van der Waals surface area contributed by atoms with Crippen LogP contribution in [0.25, 0.3) is 0 Å². The molecule has 0 rings (SSSR count). The van der Waals surface area contributed by atoms with E-state index in [0.717, 1.165) is 6.08 Å². The van der Waals surface area contributed by atoms with Crippen LogP contribution in [0.4, 0.5) is 0 Å². The van der Waals surface area contributed by atoms with Crippen molar-refractivity contribution < 1.29 is 20.0 Å². The van der Waals surface area contributed by atoms with Gasteiger partial charge in [-0.1, -0.05) is 6.92 Å². The second kappa shape index (κ2) is 4.96. The number of hydrogen-bond donors (Lipinski definition) is 2. The van der Waals surface area contributed by atoms with Crippen molar-refractivity contribution in [2.24, 2.45) is 0 Å². The normalized spacial score (nSPS) is 13.8. The minimum Gasteiger partial charge on any atom is -0.478 e. The van der Waals surface area contributed by atoms with Gasteiger partial charge in [0.2, 0.25) is 0 Å². The molecule has 0 bridgehead atoms. The van der Waals surface area contributed by atoms with Gasteiger partial charge in [0.15, 0.2) is 0 Å². The van der Waals surface area contributed by atoms with E-state index in [1.165, 1.54) is 6.08 Å². The van der Waals surface area contributed by atoms with E-state index in [0.29, 0.717) is 6.42 Å². The molecule has 0 saturated heterocycles. The molecule has 4 nitrogen and oxygen atoms in total. The largest absolute Gasteiger partial charge is 0.478 e. The number of hydrogen-bond acceptors (Lipinski definition) is 3. The molecule has 0 unspecified atom stereocenters. The highest BCUT2D eigenvalue weighted by atomic mass is 17.1. The molecular formula is C6H10O4. The zero-order chi connectivity index (χ0) is 7.98. The average molecular weight is 146 g/mol. The monoisotopic (exact) mass is 146 g/mol. The maximum atomic E-state index is 9.91. The highest BCUT2D eigenvalue weighted by Gasteiger charge is 1.99. The third kappa shape index (κ3) is 4.05. The van der Waals surface area contributed by atoms with Crippen LogP contribution in [0.15, 0.2) is 12.2 Å². The molecule has 0 saturated carbocycles. The van der Waals surface area contributed by atoms with Gasteiger partial charge in [-0.15, -0.1) is 0 Å². The van der Waals surface area contributed by atoms with Gasteiger partial charge in [0.1, 0.15) is 6.10 Å². The van der Waals surface area contributed by atoms with Gasteiger partial charge in [-0.2, -0.15) is 0 Å². The van der Waals surface area contributed by atoms with Crippen LogP contribution >= 0.6 is 0 Å². The molecule has 2 N–H and O–H groups in total. The first kappa shape index (κ1) is 9.13. The third-order valence-corrected chi connectivity index (χ3v) is 0.991. The van der Waals surface area contributed by atoms with Crippen LogP contribution in [0.1, 0.15) is 13.3 Å². The van der Waals surface area contributed by atoms with Crippen molar-refractivity contribution in [2.75, 3.05) is 0 Å². The molecule has 0 fully saturated rings. The highest BCUT2D eigenvalue weighted by Crippen LogP contribution is 1.96. The van der Waals surface area contributed by atoms with Gasteiger partial charge in [0.05, 0.1) is 0 Å². The van der Waals surface area contributed by atoms with E-state index < -0.39 is 12.1 Å². The first-order valence-electron chi connectivity index (χ1n) is 2.92. The van der Waals surface area contributed by atoms with Crippen LogP contribution < -0.4 is 0 Å². The Balaban J connectivity index is 3.72. The quantitative estimate of drug-likeness (QED) is 0.351. The Kier molecular flexibility index (Phi) is 4.53. The molecule has 0 amide bonds. The summed E-state index contributed by atoms with van der Waals surface area (Å²) in [5.74, 6) is -1.05. The minimum atomic E-state index is -1.05. The number of rotatable bonds is 4. The SMILES string of the molecule is CC[C@@H](/C=C/C(=O)O)OO. The fourth-order valence-electron chi connectivity index (χ4n) is 0.435. The molecule has 0 aromatic heterocycles. The summed E-state index contributed by atoms with van der Waals surface area (Å²) in [5, 5.41) is 16.2. The molecule has 0 heterocycles. The minimum absolute atomic E-state index is 0.518. The Labute approximate surface area is 58.7 Å². The summed E-state index contributed by atoms with van der Waals surface area (Å²) >= 11 is 0. The number of aliphatic carboxylic acids is 1. The zero-order valence-electron chi connectivity index (χ0n) is 5.65. The fraction of sp³-hybridized carbons (Fsp3) is 0.500. The van der Waals surface area contributed by atoms with E-state index in [4.69, 9.17) is 10.4 Å². The molecule has 0 aromatic carbocycles. The van der Waals surface area contributed by atoms with Gasteiger partial charge >= 0.3 is 5.97 Å². The van der Waals surface area contributed by atoms with Crippen molar-refractivity contribution in [3.63, 3.8) is 0 Å². The number of carbonyl (C=O) groups is 1. The van der Waals surface area contributed by atoms with Gasteiger partial charge < -0.3 is 5.11 Å². The van der Waals surface area contributed by atoms with Gasteiger partial charge in [-0.25, -0.2) is 9.68 Å². The van der Waals surface area contributed by atoms with Crippen molar-refractivity contribution in [1.29, 1.82) is 0 Å². The Morgan fingerprint density at radius 3 is 2.70 bits per heavy atom. The molecule has 1 atom stereocenters. The van der Waals surface area contributed by atoms with E-state index >= 15 is 0 Å².